The van der Waals surface area contributed by atoms with E-state index in [1.807, 2.05) is 0 Å². The Morgan fingerprint density at radius 1 is 1.00 bits per heavy atom. The van der Waals surface area contributed by atoms with Crippen LogP contribution in [0.4, 0.5) is 0 Å². The lowest BCUT2D eigenvalue weighted by atomic mass is 10.0. The number of unbranched alkanes of at least 4 members (excludes halogenated alkanes) is 7. The molecule has 0 aromatic heterocycles. The van der Waals surface area contributed by atoms with Crippen LogP contribution in [0.5, 0.6) is 0 Å². The monoisotopic (exact) mass is 521 g/mol. The lowest BCUT2D eigenvalue weighted by molar-refractivity contribution is -0.205. The van der Waals surface area contributed by atoms with Gasteiger partial charge in [0.15, 0.2) is 0 Å². The molecule has 0 radical (unpaired) electrons. The van der Waals surface area contributed by atoms with E-state index in [0.717, 1.165) is 62.5 Å². The molecule has 190 valence electrons. The summed E-state index contributed by atoms with van der Waals surface area (Å²) in [4.78, 5) is 0. The van der Waals surface area contributed by atoms with Crippen molar-refractivity contribution in [3.8, 4) is 0 Å². The van der Waals surface area contributed by atoms with Crippen molar-refractivity contribution in [1.82, 2.24) is 0 Å². The molecule has 0 aromatic carbocycles. The molecule has 0 bridgehead atoms. The lowest BCUT2D eigenvalue weighted by Crippen LogP contribution is -2.57. The molecule has 1 heterocycles. The summed E-state index contributed by atoms with van der Waals surface area (Å²) in [6, 6.07) is 0. The van der Waals surface area contributed by atoms with Crippen LogP contribution in [0.3, 0.4) is 0 Å². The molecule has 0 unspecified atom stereocenters. The Morgan fingerprint density at radius 3 is 2.09 bits per heavy atom. The van der Waals surface area contributed by atoms with Crippen LogP contribution in [0.1, 0.15) is 57.8 Å². The van der Waals surface area contributed by atoms with Gasteiger partial charge in [-0.1, -0.05) is 55.4 Å². The maximum absolute atomic E-state index is 11.0. The average Bonchev–Trinajstić information content (AvgIpc) is 2.72. The molecule has 1 fully saturated rings. The third kappa shape index (κ3) is 12.2. The summed E-state index contributed by atoms with van der Waals surface area (Å²) in [7, 11) is -5.56. The van der Waals surface area contributed by atoms with E-state index in [0.29, 0.717) is 6.42 Å². The standard InChI is InChI=1S/C18H35NO10S3/c1-31(24)11-9-7-5-3-2-4-6-8-10-14(19-29-32(25,26)27)30-18-17(23)16(22)15(21)13(12-20)28-18/h13,15-18,20-23H,2-12H2,1H3,(H,25,26,27)/b19-14-/t13-,15-,16-,17+,18+,31-/m0/s1. The summed E-state index contributed by atoms with van der Waals surface area (Å²) in [6.45, 7) is -0.591. The van der Waals surface area contributed by atoms with Crippen LogP contribution in [0.25, 0.3) is 0 Å². The van der Waals surface area contributed by atoms with Crippen molar-refractivity contribution in [2.24, 2.45) is 5.16 Å². The van der Waals surface area contributed by atoms with E-state index < -0.39 is 57.7 Å². The number of rotatable bonds is 15. The molecule has 0 amide bonds. The summed E-state index contributed by atoms with van der Waals surface area (Å²) < 4.78 is 51.0. The summed E-state index contributed by atoms with van der Waals surface area (Å²) in [6.07, 6.45) is 3.90. The van der Waals surface area contributed by atoms with E-state index in [9.17, 15) is 33.1 Å². The molecule has 0 spiro atoms. The van der Waals surface area contributed by atoms with Gasteiger partial charge in [0, 0.05) is 22.8 Å². The van der Waals surface area contributed by atoms with Gasteiger partial charge in [-0.2, -0.15) is 8.42 Å². The van der Waals surface area contributed by atoms with Crippen molar-refractivity contribution >= 4 is 38.0 Å². The minimum absolute atomic E-state index is 0.111. The molecule has 6 atom stereocenters. The first kappa shape index (κ1) is 29.7. The molecule has 1 saturated heterocycles. The predicted molar refractivity (Wildman–Crippen MR) is 122 cm³/mol. The Labute approximate surface area is 196 Å². The first-order valence-corrected chi connectivity index (χ1v) is 14.5. The van der Waals surface area contributed by atoms with E-state index in [4.69, 9.17) is 9.29 Å². The molecule has 0 aliphatic carbocycles. The van der Waals surface area contributed by atoms with Crippen LogP contribution in [0, 0.1) is 0 Å². The number of aliphatic hydroxyl groups is 4. The van der Waals surface area contributed by atoms with Crippen molar-refractivity contribution in [3.63, 3.8) is 0 Å². The average molecular weight is 522 g/mol. The van der Waals surface area contributed by atoms with Gasteiger partial charge < -0.3 is 25.2 Å². The van der Waals surface area contributed by atoms with Gasteiger partial charge in [-0.3, -0.25) is 8.76 Å². The molecular formula is C18H35NO10S3. The van der Waals surface area contributed by atoms with Crippen molar-refractivity contribution < 1.29 is 46.6 Å². The Kier molecular flexibility index (Phi) is 14.4. The molecule has 1 aliphatic heterocycles. The highest BCUT2D eigenvalue weighted by Gasteiger charge is 2.44. The van der Waals surface area contributed by atoms with Crippen molar-refractivity contribution in [1.29, 1.82) is 0 Å². The Morgan fingerprint density at radius 2 is 1.56 bits per heavy atom. The number of oxime groups is 1. The van der Waals surface area contributed by atoms with E-state index in [2.05, 4.69) is 9.44 Å². The largest absolute Gasteiger partial charge is 0.466 e. The summed E-state index contributed by atoms with van der Waals surface area (Å²) in [5.41, 5.74) is -1.13. The molecule has 0 saturated carbocycles. The molecule has 0 aromatic rings. The molecule has 32 heavy (non-hydrogen) atoms. The second kappa shape index (κ2) is 15.6. The van der Waals surface area contributed by atoms with Gasteiger partial charge in [-0.25, -0.2) is 4.28 Å². The van der Waals surface area contributed by atoms with Crippen LogP contribution >= 0.6 is 11.8 Å². The molecule has 14 heteroatoms. The normalized spacial score (nSPS) is 27.9. The van der Waals surface area contributed by atoms with Crippen LogP contribution in [-0.4, -0.2) is 91.1 Å². The zero-order chi connectivity index (χ0) is 24.1. The summed E-state index contributed by atoms with van der Waals surface area (Å²) >= 11 is 0.789. The Bertz CT molecular complexity index is 688. The highest BCUT2D eigenvalue weighted by atomic mass is 32.3. The van der Waals surface area contributed by atoms with Gasteiger partial charge in [0.05, 0.1) is 6.61 Å². The second-order valence-corrected chi connectivity index (χ2v) is 11.4. The number of aliphatic hydroxyl groups excluding tert-OH is 4. The molecular weight excluding hydrogens is 486 g/mol. The lowest BCUT2D eigenvalue weighted by Gasteiger charge is -2.39. The number of thioether (sulfide) groups is 1. The topological polar surface area (TPSA) is 183 Å². The van der Waals surface area contributed by atoms with Crippen LogP contribution in [-0.2, 0) is 30.2 Å². The third-order valence-corrected chi connectivity index (χ3v) is 7.21. The first-order chi connectivity index (χ1) is 15.0. The van der Waals surface area contributed by atoms with Crippen molar-refractivity contribution in [2.45, 2.75) is 87.6 Å². The number of nitrogens with zero attached hydrogens (tertiary/aromatic N) is 1. The van der Waals surface area contributed by atoms with Gasteiger partial charge in [0.2, 0.25) is 0 Å². The maximum atomic E-state index is 11.0. The van der Waals surface area contributed by atoms with E-state index in [1.165, 1.54) is 0 Å². The third-order valence-electron chi connectivity index (χ3n) is 4.91. The van der Waals surface area contributed by atoms with Gasteiger partial charge in [-0.05, 0) is 19.3 Å². The van der Waals surface area contributed by atoms with E-state index in [1.54, 1.807) is 6.26 Å². The molecule has 11 nitrogen and oxygen atoms in total. The van der Waals surface area contributed by atoms with E-state index in [-0.39, 0.29) is 11.5 Å². The molecule has 1 aliphatic rings. The summed E-state index contributed by atoms with van der Waals surface area (Å²) in [5.74, 6) is 0.736. The number of hydrogen-bond acceptors (Lipinski definition) is 11. The number of ether oxygens (including phenoxy) is 1. The van der Waals surface area contributed by atoms with Crippen molar-refractivity contribution in [3.05, 3.63) is 0 Å². The van der Waals surface area contributed by atoms with Gasteiger partial charge in [0.25, 0.3) is 0 Å². The smallest absolute Gasteiger partial charge is 0.394 e. The quantitative estimate of drug-likeness (QED) is 0.0666. The minimum Gasteiger partial charge on any atom is -0.394 e. The first-order valence-electron chi connectivity index (χ1n) is 10.5. The Balaban J connectivity index is 2.48. The highest BCUT2D eigenvalue weighted by Crippen LogP contribution is 2.30. The zero-order valence-electron chi connectivity index (χ0n) is 18.1. The second-order valence-electron chi connectivity index (χ2n) is 7.66. The van der Waals surface area contributed by atoms with E-state index >= 15 is 0 Å². The number of hydrogen-bond donors (Lipinski definition) is 5. The van der Waals surface area contributed by atoms with Gasteiger partial charge in [-0.15, -0.1) is 0 Å². The van der Waals surface area contributed by atoms with Gasteiger partial charge in [0.1, 0.15) is 34.9 Å². The van der Waals surface area contributed by atoms with Crippen LogP contribution in [0.2, 0.25) is 0 Å². The van der Waals surface area contributed by atoms with Crippen molar-refractivity contribution in [2.75, 3.05) is 18.6 Å². The fourth-order valence-corrected chi connectivity index (χ4v) is 5.11. The van der Waals surface area contributed by atoms with Crippen LogP contribution in [0.15, 0.2) is 5.16 Å². The fraction of sp³-hybridized carbons (Fsp3) is 0.944. The highest BCUT2D eigenvalue weighted by molar-refractivity contribution is 8.14. The predicted octanol–water partition coefficient (Wildman–Crippen LogP) is 0.542. The maximum Gasteiger partial charge on any atom is 0.466 e. The SMILES string of the molecule is C[S@](=O)CCCCCCCCCC/C(=N/OS(=O)(=O)O)S[C@H]1O[C@@H](CO)[C@H](O)[C@H](O)[C@H]1O. The van der Waals surface area contributed by atoms with Crippen LogP contribution < -0.4 is 0 Å². The zero-order valence-corrected chi connectivity index (χ0v) is 20.6. The van der Waals surface area contributed by atoms with Gasteiger partial charge >= 0.3 is 10.4 Å². The fourth-order valence-electron chi connectivity index (χ4n) is 3.16. The minimum atomic E-state index is -4.82. The molecule has 5 N–H and O–H groups in total. The summed E-state index contributed by atoms with van der Waals surface area (Å²) in [5, 5.41) is 42.7. The Hall–Kier alpha value is -0.320. The molecule has 1 rings (SSSR count).